The second-order valence-corrected chi connectivity index (χ2v) is 4.46. The minimum atomic E-state index is -0.0312. The molecule has 80 valence electrons. The molecule has 0 bridgehead atoms. The number of hydrogen-bond donors (Lipinski definition) is 0. The molecule has 0 unspecified atom stereocenters. The Hall–Kier alpha value is -0.950. The molecule has 0 N–H and O–H groups in total. The smallest absolute Gasteiger partial charge is 0.0717 e. The van der Waals surface area contributed by atoms with Gasteiger partial charge < -0.3 is 4.74 Å². The normalized spacial score (nSPS) is 10.8. The highest BCUT2D eigenvalue weighted by Gasteiger charge is 2.13. The highest BCUT2D eigenvalue weighted by atomic mass is 32.1. The van der Waals surface area contributed by atoms with Gasteiger partial charge in [-0.25, -0.2) is 0 Å². The lowest BCUT2D eigenvalue weighted by atomic mass is 9.95. The largest absolute Gasteiger partial charge is 0.376 e. The fourth-order valence-corrected chi connectivity index (χ4v) is 1.53. The Balaban J connectivity index is 2.37. The molecule has 2 heteroatoms. The van der Waals surface area contributed by atoms with Crippen LogP contribution in [0.1, 0.15) is 19.4 Å². The van der Waals surface area contributed by atoms with Crippen LogP contribution < -0.4 is 0 Å². The van der Waals surface area contributed by atoms with Gasteiger partial charge in [-0.05, 0) is 28.9 Å². The monoisotopic (exact) mass is 220 g/mol. The van der Waals surface area contributed by atoms with Crippen molar-refractivity contribution >= 4 is 17.2 Å². The van der Waals surface area contributed by atoms with Gasteiger partial charge in [0.05, 0.1) is 13.2 Å². The predicted octanol–water partition coefficient (Wildman–Crippen LogP) is 3.38. The molecule has 15 heavy (non-hydrogen) atoms. The van der Waals surface area contributed by atoms with Gasteiger partial charge in [0, 0.05) is 5.41 Å². The van der Waals surface area contributed by atoms with Crippen LogP contribution in [0.5, 0.6) is 0 Å². The van der Waals surface area contributed by atoms with E-state index in [0.717, 1.165) is 0 Å². The molecule has 0 aliphatic carbocycles. The summed E-state index contributed by atoms with van der Waals surface area (Å²) in [6.45, 7) is 5.47. The third kappa shape index (κ3) is 4.89. The van der Waals surface area contributed by atoms with Crippen LogP contribution in [0.2, 0.25) is 0 Å². The van der Waals surface area contributed by atoms with Crippen molar-refractivity contribution < 1.29 is 4.74 Å². The van der Waals surface area contributed by atoms with Crippen molar-refractivity contribution in [2.24, 2.45) is 5.41 Å². The number of benzene rings is 1. The minimum Gasteiger partial charge on any atom is -0.376 e. The lowest BCUT2D eigenvalue weighted by molar-refractivity contribution is 0.0722. The van der Waals surface area contributed by atoms with E-state index in [-0.39, 0.29) is 5.41 Å². The summed E-state index contributed by atoms with van der Waals surface area (Å²) in [6.07, 6.45) is 1.87. The first-order chi connectivity index (χ1) is 7.14. The van der Waals surface area contributed by atoms with Crippen molar-refractivity contribution in [1.82, 2.24) is 0 Å². The Morgan fingerprint density at radius 2 is 2.00 bits per heavy atom. The van der Waals surface area contributed by atoms with Crippen molar-refractivity contribution in [3.63, 3.8) is 0 Å². The maximum atomic E-state index is 5.62. The van der Waals surface area contributed by atoms with Gasteiger partial charge in [-0.1, -0.05) is 44.2 Å². The van der Waals surface area contributed by atoms with Crippen LogP contribution in [0.15, 0.2) is 36.4 Å². The average molecular weight is 220 g/mol. The summed E-state index contributed by atoms with van der Waals surface area (Å²) in [4.78, 5) is 0. The molecule has 0 aliphatic heterocycles. The van der Waals surface area contributed by atoms with Gasteiger partial charge in [0.1, 0.15) is 0 Å². The van der Waals surface area contributed by atoms with E-state index in [1.807, 2.05) is 24.3 Å². The Morgan fingerprint density at radius 3 is 2.60 bits per heavy atom. The molecule has 0 aromatic heterocycles. The number of thiocarbonyl (C=S) groups is 1. The molecule has 0 heterocycles. The first-order valence-electron chi connectivity index (χ1n) is 4.98. The highest BCUT2D eigenvalue weighted by Crippen LogP contribution is 2.16. The topological polar surface area (TPSA) is 9.23 Å². The van der Waals surface area contributed by atoms with E-state index < -0.39 is 0 Å². The van der Waals surface area contributed by atoms with Crippen LogP contribution in [0.4, 0.5) is 0 Å². The fraction of sp³-hybridized carbons (Fsp3) is 0.385. The summed E-state index contributed by atoms with van der Waals surface area (Å²) in [5.74, 6) is 0. The molecule has 0 radical (unpaired) electrons. The van der Waals surface area contributed by atoms with E-state index in [2.05, 4.69) is 43.2 Å². The van der Waals surface area contributed by atoms with Gasteiger partial charge in [-0.3, -0.25) is 0 Å². The Kier molecular flexibility index (Phi) is 4.70. The molecule has 1 aromatic rings. The zero-order valence-corrected chi connectivity index (χ0v) is 10.0. The number of ether oxygens (including phenoxy) is 1. The summed E-state index contributed by atoms with van der Waals surface area (Å²) in [5.41, 5.74) is 1.16. The molecular weight excluding hydrogens is 204 g/mol. The van der Waals surface area contributed by atoms with Gasteiger partial charge in [-0.2, -0.15) is 0 Å². The van der Waals surface area contributed by atoms with E-state index in [0.29, 0.717) is 13.2 Å². The lowest BCUT2D eigenvalue weighted by Crippen LogP contribution is -2.16. The molecule has 0 amide bonds. The summed E-state index contributed by atoms with van der Waals surface area (Å²) in [5, 5.41) is 2.63. The third-order valence-electron chi connectivity index (χ3n) is 2.04. The SMILES string of the molecule is CC(C)(C=C=S)COCc1ccccc1. The van der Waals surface area contributed by atoms with Crippen LogP contribution in [0.25, 0.3) is 0 Å². The van der Waals surface area contributed by atoms with Gasteiger partial charge in [0.25, 0.3) is 0 Å². The standard InChI is InChI=1S/C13H16OS/c1-13(2,8-9-15)11-14-10-12-6-4-3-5-7-12/h3-8H,10-11H2,1-2H3. The van der Waals surface area contributed by atoms with E-state index in [4.69, 9.17) is 4.74 Å². The zero-order chi connectivity index (χ0) is 11.1. The van der Waals surface area contributed by atoms with Gasteiger partial charge in [-0.15, -0.1) is 0 Å². The van der Waals surface area contributed by atoms with Gasteiger partial charge in [0.2, 0.25) is 0 Å². The van der Waals surface area contributed by atoms with Crippen molar-refractivity contribution in [2.45, 2.75) is 20.5 Å². The van der Waals surface area contributed by atoms with Gasteiger partial charge >= 0.3 is 0 Å². The Morgan fingerprint density at radius 1 is 1.33 bits per heavy atom. The van der Waals surface area contributed by atoms with Gasteiger partial charge in [0.15, 0.2) is 0 Å². The quantitative estimate of drug-likeness (QED) is 0.703. The molecule has 1 rings (SSSR count). The Bertz CT molecular complexity index is 337. The minimum absolute atomic E-state index is 0.0312. The summed E-state index contributed by atoms with van der Waals surface area (Å²) in [7, 11) is 0. The molecule has 0 fully saturated rings. The first-order valence-corrected chi connectivity index (χ1v) is 5.38. The molecule has 1 aromatic carbocycles. The van der Waals surface area contributed by atoms with E-state index >= 15 is 0 Å². The van der Waals surface area contributed by atoms with Crippen LogP contribution in [-0.4, -0.2) is 11.6 Å². The molecule has 0 spiro atoms. The zero-order valence-electron chi connectivity index (χ0n) is 9.19. The highest BCUT2D eigenvalue weighted by molar-refractivity contribution is 7.78. The van der Waals surface area contributed by atoms with Crippen molar-refractivity contribution in [2.75, 3.05) is 6.61 Å². The van der Waals surface area contributed by atoms with Crippen molar-refractivity contribution in [3.05, 3.63) is 42.0 Å². The van der Waals surface area contributed by atoms with Crippen molar-refractivity contribution in [1.29, 1.82) is 0 Å². The summed E-state index contributed by atoms with van der Waals surface area (Å²) >= 11 is 4.68. The van der Waals surface area contributed by atoms with Crippen LogP contribution in [0.3, 0.4) is 0 Å². The molecule has 0 atom stereocenters. The third-order valence-corrected chi connectivity index (χ3v) is 2.15. The maximum absolute atomic E-state index is 5.62. The summed E-state index contributed by atoms with van der Waals surface area (Å²) < 4.78 is 5.62. The van der Waals surface area contributed by atoms with Crippen LogP contribution >= 0.6 is 12.2 Å². The number of rotatable bonds is 5. The number of hydrogen-bond acceptors (Lipinski definition) is 2. The molecular formula is C13H16OS. The van der Waals surface area contributed by atoms with Crippen LogP contribution in [-0.2, 0) is 11.3 Å². The fourth-order valence-electron chi connectivity index (χ4n) is 1.21. The molecule has 0 saturated heterocycles. The summed E-state index contributed by atoms with van der Waals surface area (Å²) in [6, 6.07) is 10.1. The maximum Gasteiger partial charge on any atom is 0.0717 e. The molecule has 1 nitrogen and oxygen atoms in total. The predicted molar refractivity (Wildman–Crippen MR) is 67.0 cm³/mol. The lowest BCUT2D eigenvalue weighted by Gasteiger charge is -2.18. The second kappa shape index (κ2) is 5.82. The second-order valence-electron chi connectivity index (χ2n) is 4.23. The van der Waals surface area contributed by atoms with E-state index in [9.17, 15) is 0 Å². The van der Waals surface area contributed by atoms with Crippen molar-refractivity contribution in [3.8, 4) is 0 Å². The molecule has 0 saturated carbocycles. The van der Waals surface area contributed by atoms with E-state index in [1.165, 1.54) is 5.56 Å². The Labute approximate surface area is 96.8 Å². The average Bonchev–Trinajstić information content (AvgIpc) is 2.19. The van der Waals surface area contributed by atoms with Crippen LogP contribution in [0, 0.1) is 5.41 Å². The molecule has 0 aliphatic rings. The van der Waals surface area contributed by atoms with E-state index in [1.54, 1.807) is 0 Å². The first kappa shape index (κ1) is 12.1.